The van der Waals surface area contributed by atoms with Crippen molar-refractivity contribution in [2.75, 3.05) is 0 Å². The predicted molar refractivity (Wildman–Crippen MR) is 137 cm³/mol. The third-order valence-corrected chi connectivity index (χ3v) is 8.63. The molecule has 0 saturated heterocycles. The van der Waals surface area contributed by atoms with Crippen LogP contribution in [0, 0.1) is 11.3 Å². The summed E-state index contributed by atoms with van der Waals surface area (Å²) >= 11 is 0. The summed E-state index contributed by atoms with van der Waals surface area (Å²) in [6.45, 7) is 9.74. The lowest BCUT2D eigenvalue weighted by molar-refractivity contribution is -0.114. The predicted octanol–water partition coefficient (Wildman–Crippen LogP) is 6.42. The number of ketones is 1. The average Bonchev–Trinajstić information content (AvgIpc) is 3.56. The van der Waals surface area contributed by atoms with Crippen LogP contribution in [0.15, 0.2) is 47.5 Å². The monoisotopic (exact) mass is 478 g/mol. The van der Waals surface area contributed by atoms with Crippen molar-refractivity contribution < 1.29 is 13.2 Å². The van der Waals surface area contributed by atoms with E-state index in [1.54, 1.807) is 12.3 Å². The lowest BCUT2D eigenvalue weighted by Gasteiger charge is -2.18. The highest BCUT2D eigenvalue weighted by atomic mass is 32.2. The summed E-state index contributed by atoms with van der Waals surface area (Å²) in [6, 6.07) is 3.98. The first-order chi connectivity index (χ1) is 16.1. The molecule has 2 aliphatic rings. The summed E-state index contributed by atoms with van der Waals surface area (Å²) < 4.78 is 27.7. The first-order valence-electron chi connectivity index (χ1n) is 12.3. The Hall–Kier alpha value is -2.60. The van der Waals surface area contributed by atoms with Gasteiger partial charge in [0.2, 0.25) is 9.84 Å². The van der Waals surface area contributed by atoms with E-state index in [0.717, 1.165) is 59.9 Å². The number of rotatable bonds is 9. The molecule has 0 spiro atoms. The molecule has 5 nitrogen and oxygen atoms in total. The second-order valence-electron chi connectivity index (χ2n) is 10.2. The van der Waals surface area contributed by atoms with Gasteiger partial charge in [0.1, 0.15) is 5.04 Å². The molecule has 2 aromatic rings. The highest BCUT2D eigenvalue weighted by molar-refractivity contribution is 8.06. The van der Waals surface area contributed by atoms with E-state index in [1.807, 2.05) is 39.0 Å². The maximum Gasteiger partial charge on any atom is 0.220 e. The fraction of sp³-hybridized carbons (Fsp3) is 0.464. The van der Waals surface area contributed by atoms with Crippen LogP contribution in [0.4, 0.5) is 0 Å². The van der Waals surface area contributed by atoms with Gasteiger partial charge in [-0.3, -0.25) is 15.2 Å². The molecule has 1 heterocycles. The number of fused-ring (bicyclic) bond motifs is 2. The second kappa shape index (κ2) is 9.57. The molecule has 1 aromatic carbocycles. The van der Waals surface area contributed by atoms with Gasteiger partial charge in [0.05, 0.1) is 4.90 Å². The van der Waals surface area contributed by atoms with Gasteiger partial charge in [-0.2, -0.15) is 0 Å². The average molecular weight is 479 g/mol. The van der Waals surface area contributed by atoms with Crippen LogP contribution in [0.1, 0.15) is 88.0 Å². The Morgan fingerprint density at radius 1 is 1.26 bits per heavy atom. The van der Waals surface area contributed by atoms with Crippen molar-refractivity contribution in [1.29, 1.82) is 5.41 Å². The molecule has 0 aliphatic heterocycles. The van der Waals surface area contributed by atoms with Gasteiger partial charge in [-0.1, -0.05) is 39.0 Å². The van der Waals surface area contributed by atoms with E-state index in [1.165, 1.54) is 0 Å². The van der Waals surface area contributed by atoms with Crippen molar-refractivity contribution in [1.82, 2.24) is 4.98 Å². The van der Waals surface area contributed by atoms with Crippen LogP contribution in [0.25, 0.3) is 10.8 Å². The minimum absolute atomic E-state index is 0.0155. The molecule has 2 aliphatic carbocycles. The Morgan fingerprint density at radius 3 is 2.65 bits per heavy atom. The van der Waals surface area contributed by atoms with E-state index < -0.39 is 9.84 Å². The van der Waals surface area contributed by atoms with Crippen molar-refractivity contribution in [2.24, 2.45) is 5.92 Å². The normalized spacial score (nSPS) is 18.1. The van der Waals surface area contributed by atoms with Crippen molar-refractivity contribution >= 4 is 31.4 Å². The molecule has 1 aromatic heterocycles. The molecule has 34 heavy (non-hydrogen) atoms. The lowest BCUT2D eigenvalue weighted by atomic mass is 9.96. The van der Waals surface area contributed by atoms with Gasteiger partial charge in [0, 0.05) is 47.3 Å². The Morgan fingerprint density at radius 2 is 2.00 bits per heavy atom. The number of nitrogens with zero attached hydrogens (tertiary/aromatic N) is 1. The summed E-state index contributed by atoms with van der Waals surface area (Å²) in [4.78, 5) is 17.3. The maximum atomic E-state index is 13.9. The van der Waals surface area contributed by atoms with E-state index in [0.29, 0.717) is 17.7 Å². The molecule has 0 amide bonds. The molecule has 1 unspecified atom stereocenters. The minimum atomic E-state index is -3.98. The summed E-state index contributed by atoms with van der Waals surface area (Å²) in [5.41, 5.74) is 3.55. The van der Waals surface area contributed by atoms with Crippen molar-refractivity contribution in [3.05, 3.63) is 59.5 Å². The van der Waals surface area contributed by atoms with E-state index in [2.05, 4.69) is 11.6 Å². The van der Waals surface area contributed by atoms with Crippen molar-refractivity contribution in [3.63, 3.8) is 0 Å². The molecular weight excluding hydrogens is 444 g/mol. The van der Waals surface area contributed by atoms with Crippen LogP contribution in [0.2, 0.25) is 0 Å². The SMILES string of the molecule is C=C(CC)CC(=O)/C=C/C1CCc2cc3cnc(C4CC4)cc3c(S(=O)(=O)C(=N)CC(C)C)c21. The van der Waals surface area contributed by atoms with Gasteiger partial charge in [-0.05, 0) is 67.4 Å². The number of carbonyl (C=O) groups is 1. The van der Waals surface area contributed by atoms with Crippen molar-refractivity contribution in [2.45, 2.75) is 82.4 Å². The summed E-state index contributed by atoms with van der Waals surface area (Å²) in [5.74, 6) is 0.267. The Bertz CT molecular complexity index is 1300. The largest absolute Gasteiger partial charge is 0.295 e. The van der Waals surface area contributed by atoms with Crippen LogP contribution in [0.5, 0.6) is 0 Å². The zero-order chi connectivity index (χ0) is 24.6. The quantitative estimate of drug-likeness (QED) is 0.195. The van der Waals surface area contributed by atoms with Crippen LogP contribution >= 0.6 is 0 Å². The maximum absolute atomic E-state index is 13.9. The Balaban J connectivity index is 1.86. The molecule has 1 saturated carbocycles. The number of nitrogens with one attached hydrogen (secondary N) is 1. The van der Waals surface area contributed by atoms with E-state index in [9.17, 15) is 13.2 Å². The Labute approximate surface area is 202 Å². The molecule has 0 radical (unpaired) electrons. The van der Waals surface area contributed by atoms with E-state index >= 15 is 0 Å². The fourth-order valence-electron chi connectivity index (χ4n) is 4.76. The first-order valence-corrected chi connectivity index (χ1v) is 13.8. The van der Waals surface area contributed by atoms with Gasteiger partial charge in [-0.15, -0.1) is 0 Å². The van der Waals surface area contributed by atoms with Crippen LogP contribution in [-0.4, -0.2) is 24.2 Å². The number of carbonyl (C=O) groups excluding carboxylic acids is 1. The highest BCUT2D eigenvalue weighted by Crippen LogP contribution is 2.45. The van der Waals surface area contributed by atoms with Gasteiger partial charge < -0.3 is 0 Å². The number of aromatic nitrogens is 1. The van der Waals surface area contributed by atoms with Gasteiger partial charge >= 0.3 is 0 Å². The number of allylic oxidation sites excluding steroid dienone is 3. The summed E-state index contributed by atoms with van der Waals surface area (Å²) in [5, 5.41) is 9.72. The zero-order valence-electron chi connectivity index (χ0n) is 20.4. The smallest absolute Gasteiger partial charge is 0.220 e. The van der Waals surface area contributed by atoms with Crippen LogP contribution in [-0.2, 0) is 21.1 Å². The first kappa shape index (κ1) is 24.5. The van der Waals surface area contributed by atoms with Gasteiger partial charge in [0.15, 0.2) is 5.78 Å². The van der Waals surface area contributed by atoms with E-state index in [-0.39, 0.29) is 34.0 Å². The molecular formula is C28H34N2O3S. The topological polar surface area (TPSA) is 87.9 Å². The third-order valence-electron chi connectivity index (χ3n) is 6.84. The van der Waals surface area contributed by atoms with E-state index in [4.69, 9.17) is 5.41 Å². The number of sulfone groups is 1. The Kier molecular flexibility index (Phi) is 6.90. The number of pyridine rings is 1. The van der Waals surface area contributed by atoms with Gasteiger partial charge in [0.25, 0.3) is 0 Å². The molecule has 0 bridgehead atoms. The fourth-order valence-corrected chi connectivity index (χ4v) is 6.60. The molecule has 4 rings (SSSR count). The third kappa shape index (κ3) is 4.92. The van der Waals surface area contributed by atoms with Crippen molar-refractivity contribution in [3.8, 4) is 0 Å². The summed E-state index contributed by atoms with van der Waals surface area (Å²) in [7, 11) is -3.98. The lowest BCUT2D eigenvalue weighted by Crippen LogP contribution is -2.19. The molecule has 1 N–H and O–H groups in total. The van der Waals surface area contributed by atoms with Crippen LogP contribution in [0.3, 0.4) is 0 Å². The number of hydrogen-bond donors (Lipinski definition) is 1. The molecule has 6 heteroatoms. The standard InChI is InChI=1S/C28H34N2O3S/c1-5-18(4)13-23(31)11-10-20-8-9-21-14-22-16-30-25(19-6-7-19)15-24(22)28(27(20)21)34(32,33)26(29)12-17(2)3/h10-11,14-17,19-20,29H,4-9,12-13H2,1-3H3/b11-10+,29-26?. The van der Waals surface area contributed by atoms with Crippen LogP contribution < -0.4 is 0 Å². The number of hydrogen-bond acceptors (Lipinski definition) is 5. The molecule has 1 fully saturated rings. The zero-order valence-corrected chi connectivity index (χ0v) is 21.2. The highest BCUT2D eigenvalue weighted by Gasteiger charge is 2.35. The summed E-state index contributed by atoms with van der Waals surface area (Å²) in [6.07, 6.45) is 10.1. The number of aryl methyl sites for hydroxylation is 1. The number of benzene rings is 1. The molecule has 180 valence electrons. The van der Waals surface area contributed by atoms with Gasteiger partial charge in [-0.25, -0.2) is 8.42 Å². The minimum Gasteiger partial charge on any atom is -0.295 e. The molecule has 1 atom stereocenters. The second-order valence-corrected chi connectivity index (χ2v) is 12.1.